The van der Waals surface area contributed by atoms with Crippen LogP contribution in [0.2, 0.25) is 0 Å². The highest BCUT2D eigenvalue weighted by atomic mass is 32.2. The number of hydrogen-bond acceptors (Lipinski definition) is 2. The number of nitrogens with one attached hydrogen (secondary N) is 1. The fraction of sp³-hybridized carbons (Fsp3) is 0.400. The average molecular weight is 231 g/mol. The van der Waals surface area contributed by atoms with Crippen molar-refractivity contribution in [3.8, 4) is 0 Å². The first kappa shape index (κ1) is 12.0. The van der Waals surface area contributed by atoms with Gasteiger partial charge in [0, 0.05) is 5.69 Å². The van der Waals surface area contributed by atoms with Crippen LogP contribution in [0.4, 0.5) is 10.1 Å². The van der Waals surface area contributed by atoms with Crippen molar-refractivity contribution in [3.05, 3.63) is 30.1 Å². The molecule has 1 aromatic carbocycles. The van der Waals surface area contributed by atoms with Crippen molar-refractivity contribution in [3.63, 3.8) is 0 Å². The molecule has 15 heavy (non-hydrogen) atoms. The van der Waals surface area contributed by atoms with Crippen LogP contribution in [-0.4, -0.2) is 14.2 Å². The highest BCUT2D eigenvalue weighted by Gasteiger charge is 2.12. The lowest BCUT2D eigenvalue weighted by Gasteiger charge is -2.09. The molecule has 1 rings (SSSR count). The molecule has 0 saturated heterocycles. The van der Waals surface area contributed by atoms with Gasteiger partial charge in [-0.05, 0) is 30.2 Å². The Hall–Kier alpha value is -1.10. The predicted molar refractivity (Wildman–Crippen MR) is 58.6 cm³/mol. The summed E-state index contributed by atoms with van der Waals surface area (Å²) in [5.41, 5.74) is 0.386. The summed E-state index contributed by atoms with van der Waals surface area (Å²) in [6.07, 6.45) is 0. The second-order valence-electron chi connectivity index (χ2n) is 3.78. The van der Waals surface area contributed by atoms with Crippen molar-refractivity contribution in [2.45, 2.75) is 13.8 Å². The molecule has 0 amide bonds. The SMILES string of the molecule is CC(C)CS(=O)(=O)Nc1ccc(F)cc1. The van der Waals surface area contributed by atoms with E-state index >= 15 is 0 Å². The van der Waals surface area contributed by atoms with Crippen molar-refractivity contribution in [2.75, 3.05) is 10.5 Å². The van der Waals surface area contributed by atoms with Gasteiger partial charge in [0.2, 0.25) is 10.0 Å². The summed E-state index contributed by atoms with van der Waals surface area (Å²) in [6, 6.07) is 5.22. The van der Waals surface area contributed by atoms with Gasteiger partial charge in [-0.3, -0.25) is 4.72 Å². The van der Waals surface area contributed by atoms with E-state index < -0.39 is 10.0 Å². The van der Waals surface area contributed by atoms with E-state index in [9.17, 15) is 12.8 Å². The number of sulfonamides is 1. The summed E-state index contributed by atoms with van der Waals surface area (Å²) in [5.74, 6) is -0.269. The number of rotatable bonds is 4. The second-order valence-corrected chi connectivity index (χ2v) is 5.55. The first-order chi connectivity index (χ1) is 6.89. The number of benzene rings is 1. The smallest absolute Gasteiger partial charge is 0.232 e. The van der Waals surface area contributed by atoms with E-state index in [4.69, 9.17) is 0 Å². The maximum atomic E-state index is 12.6. The molecule has 84 valence electrons. The van der Waals surface area contributed by atoms with Crippen LogP contribution in [0, 0.1) is 11.7 Å². The normalized spacial score (nSPS) is 11.7. The molecule has 0 aliphatic carbocycles. The molecule has 0 aliphatic rings. The van der Waals surface area contributed by atoms with Crippen LogP contribution in [-0.2, 0) is 10.0 Å². The summed E-state index contributed by atoms with van der Waals surface area (Å²) in [4.78, 5) is 0. The molecule has 0 aliphatic heterocycles. The third-order valence-corrected chi connectivity index (χ3v) is 3.32. The average Bonchev–Trinajstić information content (AvgIpc) is 2.06. The van der Waals surface area contributed by atoms with Crippen LogP contribution < -0.4 is 4.72 Å². The lowest BCUT2D eigenvalue weighted by molar-refractivity contribution is 0.587. The zero-order chi connectivity index (χ0) is 11.5. The minimum Gasteiger partial charge on any atom is -0.284 e. The molecule has 0 aromatic heterocycles. The monoisotopic (exact) mass is 231 g/mol. The molecule has 0 fully saturated rings. The van der Waals surface area contributed by atoms with Gasteiger partial charge in [-0.2, -0.15) is 0 Å². The van der Waals surface area contributed by atoms with Crippen LogP contribution in [0.25, 0.3) is 0 Å². The Bertz CT molecular complexity index is 412. The molecule has 1 N–H and O–H groups in total. The van der Waals surface area contributed by atoms with E-state index in [-0.39, 0.29) is 17.5 Å². The molecule has 0 heterocycles. The van der Waals surface area contributed by atoms with Crippen molar-refractivity contribution in [1.29, 1.82) is 0 Å². The largest absolute Gasteiger partial charge is 0.284 e. The van der Waals surface area contributed by atoms with E-state index in [0.29, 0.717) is 5.69 Å². The standard InChI is InChI=1S/C10H14FNO2S/c1-8(2)7-15(13,14)12-10-5-3-9(11)4-6-10/h3-6,8,12H,7H2,1-2H3. The van der Waals surface area contributed by atoms with E-state index in [1.807, 2.05) is 13.8 Å². The summed E-state index contributed by atoms with van der Waals surface area (Å²) >= 11 is 0. The summed E-state index contributed by atoms with van der Waals surface area (Å²) in [5, 5.41) is 0. The van der Waals surface area contributed by atoms with Gasteiger partial charge in [-0.25, -0.2) is 12.8 Å². The summed E-state index contributed by atoms with van der Waals surface area (Å²) in [7, 11) is -3.32. The lowest BCUT2D eigenvalue weighted by Crippen LogP contribution is -2.19. The predicted octanol–water partition coefficient (Wildman–Crippen LogP) is 2.22. The Morgan fingerprint density at radius 1 is 1.27 bits per heavy atom. The number of hydrogen-bond donors (Lipinski definition) is 1. The van der Waals surface area contributed by atoms with E-state index in [2.05, 4.69) is 4.72 Å². The van der Waals surface area contributed by atoms with Crippen LogP contribution in [0.5, 0.6) is 0 Å². The maximum absolute atomic E-state index is 12.6. The number of halogens is 1. The van der Waals surface area contributed by atoms with E-state index in [0.717, 1.165) is 0 Å². The van der Waals surface area contributed by atoms with Gasteiger partial charge in [-0.15, -0.1) is 0 Å². The second kappa shape index (κ2) is 4.61. The van der Waals surface area contributed by atoms with Gasteiger partial charge in [-0.1, -0.05) is 13.8 Å². The van der Waals surface area contributed by atoms with Crippen molar-refractivity contribution in [2.24, 2.45) is 5.92 Å². The summed E-state index contributed by atoms with van der Waals surface area (Å²) in [6.45, 7) is 3.65. The van der Waals surface area contributed by atoms with Gasteiger partial charge in [0.1, 0.15) is 5.82 Å². The third kappa shape index (κ3) is 4.29. The Morgan fingerprint density at radius 2 is 1.80 bits per heavy atom. The number of anilines is 1. The van der Waals surface area contributed by atoms with Crippen LogP contribution in [0.3, 0.4) is 0 Å². The minimum absolute atomic E-state index is 0.0583. The van der Waals surface area contributed by atoms with Gasteiger partial charge in [0.05, 0.1) is 5.75 Å². The van der Waals surface area contributed by atoms with Crippen molar-refractivity contribution < 1.29 is 12.8 Å². The Kier molecular flexibility index (Phi) is 3.68. The Labute approximate surface area is 89.4 Å². The summed E-state index contributed by atoms with van der Waals surface area (Å²) < 4.78 is 37.9. The first-order valence-electron chi connectivity index (χ1n) is 4.65. The molecule has 0 spiro atoms. The molecule has 0 atom stereocenters. The van der Waals surface area contributed by atoms with Crippen molar-refractivity contribution >= 4 is 15.7 Å². The maximum Gasteiger partial charge on any atom is 0.232 e. The molecule has 3 nitrogen and oxygen atoms in total. The van der Waals surface area contributed by atoms with Crippen molar-refractivity contribution in [1.82, 2.24) is 0 Å². The molecule has 0 unspecified atom stereocenters. The third-order valence-electron chi connectivity index (χ3n) is 1.67. The molecular formula is C10H14FNO2S. The van der Waals surface area contributed by atoms with Gasteiger partial charge in [0.25, 0.3) is 0 Å². The molecule has 0 saturated carbocycles. The van der Waals surface area contributed by atoms with Gasteiger partial charge < -0.3 is 0 Å². The van der Waals surface area contributed by atoms with Crippen LogP contribution in [0.15, 0.2) is 24.3 Å². The van der Waals surface area contributed by atoms with E-state index in [1.54, 1.807) is 0 Å². The first-order valence-corrected chi connectivity index (χ1v) is 6.30. The van der Waals surface area contributed by atoms with Crippen LogP contribution in [0.1, 0.15) is 13.8 Å². The minimum atomic E-state index is -3.32. The highest BCUT2D eigenvalue weighted by molar-refractivity contribution is 7.92. The zero-order valence-electron chi connectivity index (χ0n) is 8.70. The van der Waals surface area contributed by atoms with Crippen LogP contribution >= 0.6 is 0 Å². The molecule has 0 radical (unpaired) electrons. The Morgan fingerprint density at radius 3 is 2.27 bits per heavy atom. The van der Waals surface area contributed by atoms with Gasteiger partial charge >= 0.3 is 0 Å². The Balaban J connectivity index is 2.73. The lowest BCUT2D eigenvalue weighted by atomic mass is 10.3. The molecular weight excluding hydrogens is 217 g/mol. The fourth-order valence-corrected chi connectivity index (χ4v) is 2.63. The molecule has 0 bridgehead atoms. The highest BCUT2D eigenvalue weighted by Crippen LogP contribution is 2.11. The quantitative estimate of drug-likeness (QED) is 0.863. The van der Waals surface area contributed by atoms with Gasteiger partial charge in [0.15, 0.2) is 0 Å². The molecule has 1 aromatic rings. The molecule has 5 heteroatoms. The zero-order valence-corrected chi connectivity index (χ0v) is 9.51. The fourth-order valence-electron chi connectivity index (χ4n) is 1.18. The van der Waals surface area contributed by atoms with E-state index in [1.165, 1.54) is 24.3 Å². The topological polar surface area (TPSA) is 46.2 Å².